The van der Waals surface area contributed by atoms with Gasteiger partial charge in [0.15, 0.2) is 0 Å². The Kier molecular flexibility index (Phi) is 2.17. The van der Waals surface area contributed by atoms with Gasteiger partial charge < -0.3 is 4.90 Å². The average Bonchev–Trinajstić information content (AvgIpc) is 2.53. The average molecular weight is 176 g/mol. The third kappa shape index (κ3) is 1.64. The molecule has 2 rings (SSSR count). The molecule has 0 spiro atoms. The molecule has 69 valence electrons. The van der Waals surface area contributed by atoms with Gasteiger partial charge in [0.05, 0.1) is 6.20 Å². The molecule has 1 atom stereocenters. The van der Waals surface area contributed by atoms with Crippen LogP contribution >= 0.6 is 0 Å². The summed E-state index contributed by atoms with van der Waals surface area (Å²) in [5, 5.41) is 0. The van der Waals surface area contributed by atoms with Crippen molar-refractivity contribution in [3.63, 3.8) is 0 Å². The van der Waals surface area contributed by atoms with E-state index in [4.69, 9.17) is 0 Å². The van der Waals surface area contributed by atoms with E-state index in [1.54, 1.807) is 0 Å². The molecule has 0 aliphatic carbocycles. The summed E-state index contributed by atoms with van der Waals surface area (Å²) in [4.78, 5) is 10.7. The summed E-state index contributed by atoms with van der Waals surface area (Å²) in [5.74, 6) is 0.829. The minimum Gasteiger partial charge on any atom is -0.338 e. The molecule has 3 nitrogen and oxygen atoms in total. The van der Waals surface area contributed by atoms with Gasteiger partial charge in [-0.2, -0.15) is 0 Å². The molecule has 1 radical (unpaired) electrons. The molecular weight excluding hydrogens is 162 g/mol. The topological polar surface area (TPSA) is 29.0 Å². The third-order valence-corrected chi connectivity index (χ3v) is 2.52. The van der Waals surface area contributed by atoms with Crippen molar-refractivity contribution < 1.29 is 0 Å². The van der Waals surface area contributed by atoms with Crippen LogP contribution in [-0.4, -0.2) is 22.6 Å². The zero-order valence-electron chi connectivity index (χ0n) is 8.12. The van der Waals surface area contributed by atoms with Gasteiger partial charge in [0, 0.05) is 18.8 Å². The smallest absolute Gasteiger partial charge is 0.226 e. The van der Waals surface area contributed by atoms with E-state index in [2.05, 4.69) is 28.0 Å². The molecule has 0 aromatic carbocycles. The second-order valence-electron chi connectivity index (χ2n) is 3.65. The summed E-state index contributed by atoms with van der Waals surface area (Å²) < 4.78 is 0. The number of rotatable bonds is 1. The van der Waals surface area contributed by atoms with Crippen molar-refractivity contribution in [1.82, 2.24) is 9.97 Å². The number of hydrogen-bond donors (Lipinski definition) is 0. The molecule has 3 heteroatoms. The van der Waals surface area contributed by atoms with Gasteiger partial charge >= 0.3 is 0 Å². The Hall–Kier alpha value is -1.12. The van der Waals surface area contributed by atoms with Crippen LogP contribution in [0.25, 0.3) is 0 Å². The van der Waals surface area contributed by atoms with Gasteiger partial charge in [-0.15, -0.1) is 0 Å². The maximum atomic E-state index is 4.29. The Morgan fingerprint density at radius 1 is 1.62 bits per heavy atom. The van der Waals surface area contributed by atoms with Gasteiger partial charge in [0.25, 0.3) is 0 Å². The highest BCUT2D eigenvalue weighted by Gasteiger charge is 2.22. The zero-order chi connectivity index (χ0) is 9.26. The van der Waals surface area contributed by atoms with Crippen molar-refractivity contribution in [1.29, 1.82) is 0 Å². The normalized spacial score (nSPS) is 22.3. The molecule has 1 unspecified atom stereocenters. The lowest BCUT2D eigenvalue weighted by Crippen LogP contribution is -2.28. The van der Waals surface area contributed by atoms with Crippen LogP contribution < -0.4 is 4.90 Å². The molecule has 0 amide bonds. The molecule has 1 aromatic heterocycles. The summed E-state index contributed by atoms with van der Waals surface area (Å²) in [6.45, 7) is 5.26. The van der Waals surface area contributed by atoms with E-state index >= 15 is 0 Å². The molecule has 0 N–H and O–H groups in total. The lowest BCUT2D eigenvalue weighted by molar-refractivity contribution is 0.716. The highest BCUT2D eigenvalue weighted by atomic mass is 15.3. The Morgan fingerprint density at radius 2 is 2.46 bits per heavy atom. The van der Waals surface area contributed by atoms with Gasteiger partial charge in [-0.05, 0) is 32.3 Å². The quantitative estimate of drug-likeness (QED) is 0.650. The molecule has 1 aromatic rings. The second kappa shape index (κ2) is 3.32. The van der Waals surface area contributed by atoms with Gasteiger partial charge in [0.1, 0.15) is 0 Å². The zero-order valence-corrected chi connectivity index (χ0v) is 8.12. The van der Waals surface area contributed by atoms with Crippen molar-refractivity contribution in [2.75, 3.05) is 11.4 Å². The van der Waals surface area contributed by atoms with Crippen LogP contribution in [0.2, 0.25) is 0 Å². The van der Waals surface area contributed by atoms with E-state index in [0.717, 1.165) is 18.1 Å². The highest BCUT2D eigenvalue weighted by molar-refractivity contribution is 5.32. The van der Waals surface area contributed by atoms with Crippen LogP contribution in [0.1, 0.15) is 25.3 Å². The fourth-order valence-corrected chi connectivity index (χ4v) is 1.72. The van der Waals surface area contributed by atoms with Crippen molar-refractivity contribution in [2.24, 2.45) is 0 Å². The summed E-state index contributed by atoms with van der Waals surface area (Å²) in [6, 6.07) is 0.580. The molecular formula is C10H14N3. The second-order valence-corrected chi connectivity index (χ2v) is 3.65. The summed E-state index contributed by atoms with van der Waals surface area (Å²) in [6.07, 6.45) is 7.27. The maximum Gasteiger partial charge on any atom is 0.226 e. The fourth-order valence-electron chi connectivity index (χ4n) is 1.72. The van der Waals surface area contributed by atoms with Gasteiger partial charge in [-0.25, -0.2) is 9.97 Å². The van der Waals surface area contributed by atoms with Crippen LogP contribution in [0.4, 0.5) is 5.95 Å². The van der Waals surface area contributed by atoms with E-state index in [1.165, 1.54) is 12.8 Å². The minimum atomic E-state index is 0.580. The first kappa shape index (κ1) is 8.48. The standard InChI is InChI=1S/C10H14N3/c1-8-6-11-10(12-7-8)13-5-3-4-9(13)2/h6,9H,3-5H2,1-2H3. The summed E-state index contributed by atoms with van der Waals surface area (Å²) in [7, 11) is 0. The number of hydrogen-bond acceptors (Lipinski definition) is 3. The van der Waals surface area contributed by atoms with Crippen LogP contribution in [0.3, 0.4) is 0 Å². The first-order valence-electron chi connectivity index (χ1n) is 4.75. The van der Waals surface area contributed by atoms with E-state index in [0.29, 0.717) is 6.04 Å². The van der Waals surface area contributed by atoms with Gasteiger partial charge in [0.2, 0.25) is 5.95 Å². The first-order valence-corrected chi connectivity index (χ1v) is 4.75. The van der Waals surface area contributed by atoms with Gasteiger partial charge in [-0.1, -0.05) is 0 Å². The van der Waals surface area contributed by atoms with Crippen molar-refractivity contribution in [2.45, 2.75) is 32.7 Å². The fraction of sp³-hybridized carbons (Fsp3) is 0.600. The molecule has 1 saturated heterocycles. The summed E-state index contributed by atoms with van der Waals surface area (Å²) >= 11 is 0. The van der Waals surface area contributed by atoms with Crippen LogP contribution in [0, 0.1) is 13.1 Å². The highest BCUT2D eigenvalue weighted by Crippen LogP contribution is 2.20. The largest absolute Gasteiger partial charge is 0.338 e. The van der Waals surface area contributed by atoms with Crippen LogP contribution in [-0.2, 0) is 0 Å². The maximum absolute atomic E-state index is 4.29. The summed E-state index contributed by atoms with van der Waals surface area (Å²) in [5.41, 5.74) is 0.996. The lowest BCUT2D eigenvalue weighted by atomic mass is 10.2. The van der Waals surface area contributed by atoms with E-state index in [9.17, 15) is 0 Å². The van der Waals surface area contributed by atoms with E-state index in [1.807, 2.05) is 13.1 Å². The number of aryl methyl sites for hydroxylation is 1. The van der Waals surface area contributed by atoms with Crippen LogP contribution in [0.15, 0.2) is 6.20 Å². The molecule has 13 heavy (non-hydrogen) atoms. The monoisotopic (exact) mass is 176 g/mol. The Bertz CT molecular complexity index is 281. The van der Waals surface area contributed by atoms with Crippen molar-refractivity contribution in [3.8, 4) is 0 Å². The van der Waals surface area contributed by atoms with Crippen molar-refractivity contribution >= 4 is 5.95 Å². The van der Waals surface area contributed by atoms with E-state index in [-0.39, 0.29) is 0 Å². The predicted octanol–water partition coefficient (Wildman–Crippen LogP) is 1.57. The van der Waals surface area contributed by atoms with E-state index < -0.39 is 0 Å². The Morgan fingerprint density at radius 3 is 3.00 bits per heavy atom. The van der Waals surface area contributed by atoms with Crippen molar-refractivity contribution in [3.05, 3.63) is 18.0 Å². The molecule has 0 saturated carbocycles. The van der Waals surface area contributed by atoms with Gasteiger partial charge in [-0.3, -0.25) is 0 Å². The lowest BCUT2D eigenvalue weighted by Gasteiger charge is -2.20. The molecule has 1 aliphatic heterocycles. The number of anilines is 1. The molecule has 0 bridgehead atoms. The Labute approximate surface area is 78.8 Å². The third-order valence-electron chi connectivity index (χ3n) is 2.52. The first-order chi connectivity index (χ1) is 6.27. The number of aromatic nitrogens is 2. The SMILES string of the molecule is Cc1[c]nc(N2CCCC2C)nc1. The predicted molar refractivity (Wildman–Crippen MR) is 51.6 cm³/mol. The molecule has 1 aliphatic rings. The molecule has 1 fully saturated rings. The van der Waals surface area contributed by atoms with Crippen LogP contribution in [0.5, 0.6) is 0 Å². The number of nitrogens with zero attached hydrogens (tertiary/aromatic N) is 3. The molecule has 2 heterocycles. The Balaban J connectivity index is 2.20. The minimum absolute atomic E-state index is 0.580.